The van der Waals surface area contributed by atoms with E-state index in [1.54, 1.807) is 21.0 Å². The van der Waals surface area contributed by atoms with E-state index in [4.69, 9.17) is 0 Å². The van der Waals surface area contributed by atoms with Gasteiger partial charge in [0.15, 0.2) is 0 Å². The number of carbonyl (C=O) groups is 1. The molecule has 0 atom stereocenters. The first-order chi connectivity index (χ1) is 4.72. The van der Waals surface area contributed by atoms with Gasteiger partial charge >= 0.3 is 0 Å². The Hall–Kier alpha value is -1.19. The van der Waals surface area contributed by atoms with Crippen molar-refractivity contribution < 1.29 is 4.79 Å². The summed E-state index contributed by atoms with van der Waals surface area (Å²) in [5, 5.41) is 0. The highest BCUT2D eigenvalue weighted by molar-refractivity contribution is 5.92. The van der Waals surface area contributed by atoms with Gasteiger partial charge in [0, 0.05) is 14.1 Å². The second kappa shape index (κ2) is 4.67. The van der Waals surface area contributed by atoms with Gasteiger partial charge in [0.25, 0.3) is 0 Å². The van der Waals surface area contributed by atoms with E-state index >= 15 is 0 Å². The third-order valence-corrected chi connectivity index (χ3v) is 1.03. The van der Waals surface area contributed by atoms with Crippen LogP contribution in [-0.2, 0) is 4.79 Å². The van der Waals surface area contributed by atoms with E-state index in [0.29, 0.717) is 12.2 Å². The highest BCUT2D eigenvalue weighted by atomic mass is 16.1. The molecule has 0 rings (SSSR count). The molecule has 0 aliphatic heterocycles. The van der Waals surface area contributed by atoms with Crippen LogP contribution >= 0.6 is 0 Å². The summed E-state index contributed by atoms with van der Waals surface area (Å²) < 4.78 is 0. The zero-order valence-electron chi connectivity index (χ0n) is 6.40. The van der Waals surface area contributed by atoms with E-state index in [1.807, 2.05) is 0 Å². The maximum atomic E-state index is 10.1. The lowest BCUT2D eigenvalue weighted by Gasteiger charge is -2.06. The quantitative estimate of drug-likeness (QED) is 0.307. The average molecular weight is 141 g/mol. The first-order valence-electron chi connectivity index (χ1n) is 2.85. The molecular formula is C6H11N3O. The number of nitrogens with zero attached hydrogens (tertiary/aromatic N) is 3. The molecule has 1 amide bonds. The fraction of sp³-hybridized carbons (Fsp3) is 0.500. The summed E-state index contributed by atoms with van der Waals surface area (Å²) in [6.45, 7) is 1.73. The summed E-state index contributed by atoms with van der Waals surface area (Å²) in [4.78, 5) is 19.0. The summed E-state index contributed by atoms with van der Waals surface area (Å²) in [6.07, 6.45) is 2.09. The highest BCUT2D eigenvalue weighted by Crippen LogP contribution is 1.79. The molecular weight excluding hydrogens is 130 g/mol. The Morgan fingerprint density at radius 3 is 2.60 bits per heavy atom. The molecule has 0 saturated carbocycles. The minimum atomic E-state index is 0.626. The van der Waals surface area contributed by atoms with Crippen molar-refractivity contribution in [3.05, 3.63) is 0 Å². The predicted octanol–water partition coefficient (Wildman–Crippen LogP) is 0.151. The molecule has 0 unspecified atom stereocenters. The molecule has 0 radical (unpaired) electrons. The van der Waals surface area contributed by atoms with Gasteiger partial charge in [-0.3, -0.25) is 9.79 Å². The van der Waals surface area contributed by atoms with Crippen LogP contribution in [0.15, 0.2) is 9.98 Å². The third kappa shape index (κ3) is 2.96. The summed E-state index contributed by atoms with van der Waals surface area (Å²) >= 11 is 0. The molecule has 0 bridgehead atoms. The zero-order chi connectivity index (χ0) is 7.98. The molecule has 4 heteroatoms. The van der Waals surface area contributed by atoms with Gasteiger partial charge in [-0.15, -0.1) is 0 Å². The molecule has 0 aliphatic rings. The molecule has 0 aliphatic carbocycles. The molecule has 0 N–H and O–H groups in total. The molecule has 0 saturated heterocycles. The number of amides is 1. The van der Waals surface area contributed by atoms with Crippen LogP contribution in [0, 0.1) is 0 Å². The number of carbonyl (C=O) groups excluding carboxylic acids is 1. The van der Waals surface area contributed by atoms with Crippen molar-refractivity contribution in [2.75, 3.05) is 14.1 Å². The minimum Gasteiger partial charge on any atom is -0.306 e. The molecule has 0 aromatic rings. The molecule has 4 nitrogen and oxygen atoms in total. The molecule has 0 aromatic carbocycles. The average Bonchev–Trinajstić information content (AvgIpc) is 1.98. The number of hydrogen-bond acceptors (Lipinski definition) is 2. The Kier molecular flexibility index (Phi) is 4.11. The Labute approximate surface area is 60.3 Å². The van der Waals surface area contributed by atoms with Crippen LogP contribution in [0.3, 0.4) is 0 Å². The molecule has 0 heterocycles. The molecule has 0 aromatic heterocycles. The SMILES string of the molecule is CN=CN=C(C)N(C)C=O. The van der Waals surface area contributed by atoms with Crippen LogP contribution in [0.2, 0.25) is 0 Å². The van der Waals surface area contributed by atoms with Crippen LogP contribution < -0.4 is 0 Å². The van der Waals surface area contributed by atoms with E-state index in [0.717, 1.165) is 0 Å². The number of hydrogen-bond donors (Lipinski definition) is 0. The van der Waals surface area contributed by atoms with Crippen molar-refractivity contribution in [3.63, 3.8) is 0 Å². The Morgan fingerprint density at radius 1 is 1.60 bits per heavy atom. The Morgan fingerprint density at radius 2 is 2.20 bits per heavy atom. The van der Waals surface area contributed by atoms with Crippen LogP contribution in [0.1, 0.15) is 6.92 Å². The van der Waals surface area contributed by atoms with E-state index in [2.05, 4.69) is 9.98 Å². The van der Waals surface area contributed by atoms with Gasteiger partial charge in [-0.2, -0.15) is 0 Å². The lowest BCUT2D eigenvalue weighted by Crippen LogP contribution is -2.21. The van der Waals surface area contributed by atoms with Crippen molar-refractivity contribution in [1.82, 2.24) is 4.90 Å². The Balaban J connectivity index is 4.03. The lowest BCUT2D eigenvalue weighted by molar-refractivity contribution is -0.114. The monoisotopic (exact) mass is 141 g/mol. The molecule has 0 spiro atoms. The van der Waals surface area contributed by atoms with Gasteiger partial charge in [0.05, 0.1) is 0 Å². The molecule has 10 heavy (non-hydrogen) atoms. The molecule has 0 fully saturated rings. The van der Waals surface area contributed by atoms with Gasteiger partial charge in [0.2, 0.25) is 6.41 Å². The second-order valence-electron chi connectivity index (χ2n) is 1.77. The minimum absolute atomic E-state index is 0.626. The van der Waals surface area contributed by atoms with Crippen LogP contribution in [-0.4, -0.2) is 37.6 Å². The van der Waals surface area contributed by atoms with Gasteiger partial charge < -0.3 is 4.90 Å². The first kappa shape index (κ1) is 8.81. The van der Waals surface area contributed by atoms with Crippen molar-refractivity contribution in [2.24, 2.45) is 9.98 Å². The highest BCUT2D eigenvalue weighted by Gasteiger charge is 1.93. The van der Waals surface area contributed by atoms with Gasteiger partial charge in [0.1, 0.15) is 12.2 Å². The van der Waals surface area contributed by atoms with E-state index < -0.39 is 0 Å². The predicted molar refractivity (Wildman–Crippen MR) is 41.4 cm³/mol. The third-order valence-electron chi connectivity index (χ3n) is 1.03. The van der Waals surface area contributed by atoms with Gasteiger partial charge in [-0.1, -0.05) is 0 Å². The summed E-state index contributed by atoms with van der Waals surface area (Å²) in [6, 6.07) is 0. The maximum absolute atomic E-state index is 10.1. The standard InChI is InChI=1S/C6H11N3O/c1-6(8-4-7-2)9(3)5-10/h4-5H,1-3H3. The summed E-state index contributed by atoms with van der Waals surface area (Å²) in [5.74, 6) is 0.626. The number of rotatable bonds is 2. The first-order valence-corrected chi connectivity index (χ1v) is 2.85. The van der Waals surface area contributed by atoms with E-state index in [1.165, 1.54) is 11.2 Å². The van der Waals surface area contributed by atoms with Crippen LogP contribution in [0.5, 0.6) is 0 Å². The van der Waals surface area contributed by atoms with Crippen LogP contribution in [0.4, 0.5) is 0 Å². The lowest BCUT2D eigenvalue weighted by atomic mass is 10.6. The van der Waals surface area contributed by atoms with Crippen molar-refractivity contribution in [2.45, 2.75) is 6.92 Å². The smallest absolute Gasteiger partial charge is 0.214 e. The van der Waals surface area contributed by atoms with Gasteiger partial charge in [-0.05, 0) is 6.92 Å². The topological polar surface area (TPSA) is 45.0 Å². The number of amidine groups is 1. The second-order valence-corrected chi connectivity index (χ2v) is 1.77. The van der Waals surface area contributed by atoms with Crippen molar-refractivity contribution >= 4 is 18.6 Å². The van der Waals surface area contributed by atoms with E-state index in [9.17, 15) is 4.79 Å². The fourth-order valence-corrected chi connectivity index (χ4v) is 0.309. The summed E-state index contributed by atoms with van der Waals surface area (Å²) in [7, 11) is 3.26. The van der Waals surface area contributed by atoms with Crippen molar-refractivity contribution in [3.8, 4) is 0 Å². The largest absolute Gasteiger partial charge is 0.306 e. The van der Waals surface area contributed by atoms with Crippen molar-refractivity contribution in [1.29, 1.82) is 0 Å². The fourth-order valence-electron chi connectivity index (χ4n) is 0.309. The Bertz CT molecular complexity index is 162. The molecule has 56 valence electrons. The summed E-state index contributed by atoms with van der Waals surface area (Å²) in [5.41, 5.74) is 0. The maximum Gasteiger partial charge on any atom is 0.214 e. The van der Waals surface area contributed by atoms with E-state index in [-0.39, 0.29) is 0 Å². The van der Waals surface area contributed by atoms with Crippen LogP contribution in [0.25, 0.3) is 0 Å². The van der Waals surface area contributed by atoms with Gasteiger partial charge in [-0.25, -0.2) is 4.99 Å². The number of aliphatic imine (C=N–C) groups is 2. The zero-order valence-corrected chi connectivity index (χ0v) is 6.40. The normalized spacial score (nSPS) is 12.1.